The molecule has 0 spiro atoms. The lowest BCUT2D eigenvalue weighted by Crippen LogP contribution is -2.28. The number of nitrogens with one attached hydrogen (secondary N) is 1. The molecule has 110 valence electrons. The van der Waals surface area contributed by atoms with Crippen LogP contribution in [0.2, 0.25) is 0 Å². The second kappa shape index (κ2) is 6.14. The summed E-state index contributed by atoms with van der Waals surface area (Å²) in [5.74, 6) is 0.869. The van der Waals surface area contributed by atoms with E-state index < -0.39 is 0 Å². The highest BCUT2D eigenvalue weighted by Gasteiger charge is 2.28. The monoisotopic (exact) mass is 282 g/mol. The number of likely N-dealkylation sites (tertiary alicyclic amines) is 1. The summed E-state index contributed by atoms with van der Waals surface area (Å²) in [6, 6.07) is 15.3. The Kier molecular flexibility index (Phi) is 4.06. The Hall–Kier alpha value is -2.07. The van der Waals surface area contributed by atoms with Gasteiger partial charge in [-0.2, -0.15) is 0 Å². The van der Waals surface area contributed by atoms with Gasteiger partial charge in [-0.1, -0.05) is 30.3 Å². The van der Waals surface area contributed by atoms with Crippen LogP contribution in [0, 0.1) is 0 Å². The van der Waals surface area contributed by atoms with E-state index >= 15 is 0 Å². The molecule has 2 heterocycles. The van der Waals surface area contributed by atoms with E-state index in [9.17, 15) is 0 Å². The van der Waals surface area contributed by atoms with Gasteiger partial charge >= 0.3 is 0 Å². The van der Waals surface area contributed by atoms with Gasteiger partial charge < -0.3 is 11.1 Å². The van der Waals surface area contributed by atoms with Crippen molar-refractivity contribution >= 4 is 11.5 Å². The molecule has 1 fully saturated rings. The van der Waals surface area contributed by atoms with Crippen molar-refractivity contribution in [2.24, 2.45) is 0 Å². The SMILES string of the molecule is CC1CC(Nc2cc(N)ccn2)CN1Cc1ccccc1. The van der Waals surface area contributed by atoms with E-state index in [1.807, 2.05) is 12.1 Å². The maximum Gasteiger partial charge on any atom is 0.128 e. The van der Waals surface area contributed by atoms with Crippen LogP contribution >= 0.6 is 0 Å². The van der Waals surface area contributed by atoms with Crippen LogP contribution < -0.4 is 11.1 Å². The molecular formula is C17H22N4. The summed E-state index contributed by atoms with van der Waals surface area (Å²) in [5.41, 5.74) is 7.92. The van der Waals surface area contributed by atoms with Gasteiger partial charge in [0, 0.05) is 43.1 Å². The van der Waals surface area contributed by atoms with E-state index in [1.165, 1.54) is 5.56 Å². The van der Waals surface area contributed by atoms with Gasteiger partial charge in [0.05, 0.1) is 0 Å². The van der Waals surface area contributed by atoms with Crippen molar-refractivity contribution < 1.29 is 0 Å². The zero-order valence-electron chi connectivity index (χ0n) is 12.4. The Balaban J connectivity index is 1.61. The first kappa shape index (κ1) is 13.9. The average Bonchev–Trinajstić information content (AvgIpc) is 2.80. The third-order valence-electron chi connectivity index (χ3n) is 4.07. The normalized spacial score (nSPS) is 22.3. The molecule has 1 aliphatic heterocycles. The van der Waals surface area contributed by atoms with Gasteiger partial charge in [-0.05, 0) is 25.0 Å². The van der Waals surface area contributed by atoms with Crippen molar-refractivity contribution in [3.63, 3.8) is 0 Å². The molecule has 4 nitrogen and oxygen atoms in total. The number of benzene rings is 1. The largest absolute Gasteiger partial charge is 0.399 e. The van der Waals surface area contributed by atoms with Crippen LogP contribution in [-0.4, -0.2) is 28.5 Å². The van der Waals surface area contributed by atoms with Gasteiger partial charge in [-0.25, -0.2) is 4.98 Å². The number of aromatic nitrogens is 1. The van der Waals surface area contributed by atoms with Crippen LogP contribution in [0.4, 0.5) is 11.5 Å². The van der Waals surface area contributed by atoms with Crippen molar-refractivity contribution in [2.75, 3.05) is 17.6 Å². The van der Waals surface area contributed by atoms with Crippen molar-refractivity contribution in [3.05, 3.63) is 54.2 Å². The summed E-state index contributed by atoms with van der Waals surface area (Å²) in [4.78, 5) is 6.84. The molecular weight excluding hydrogens is 260 g/mol. The lowest BCUT2D eigenvalue weighted by Gasteiger charge is -2.20. The topological polar surface area (TPSA) is 54.2 Å². The molecule has 0 bridgehead atoms. The molecule has 0 amide bonds. The molecule has 3 N–H and O–H groups in total. The third-order valence-corrected chi connectivity index (χ3v) is 4.07. The second-order valence-corrected chi connectivity index (χ2v) is 5.82. The van der Waals surface area contributed by atoms with E-state index in [0.29, 0.717) is 12.1 Å². The van der Waals surface area contributed by atoms with Gasteiger partial charge in [-0.3, -0.25) is 4.90 Å². The van der Waals surface area contributed by atoms with Gasteiger partial charge in [0.2, 0.25) is 0 Å². The standard InChI is InChI=1S/C17H22N4/c1-13-9-16(20-17-10-15(18)7-8-19-17)12-21(13)11-14-5-3-2-4-6-14/h2-8,10,13,16H,9,11-12H2,1H3,(H3,18,19,20). The molecule has 0 radical (unpaired) electrons. The Labute approximate surface area is 126 Å². The molecule has 2 atom stereocenters. The van der Waals surface area contributed by atoms with Crippen LogP contribution in [0.1, 0.15) is 18.9 Å². The molecule has 1 aromatic heterocycles. The average molecular weight is 282 g/mol. The van der Waals surface area contributed by atoms with Crippen LogP contribution in [0.5, 0.6) is 0 Å². The van der Waals surface area contributed by atoms with Crippen LogP contribution in [0.25, 0.3) is 0 Å². The van der Waals surface area contributed by atoms with E-state index in [2.05, 4.69) is 52.5 Å². The fourth-order valence-electron chi connectivity index (χ4n) is 2.98. The molecule has 1 aliphatic rings. The van der Waals surface area contributed by atoms with Gasteiger partial charge in [0.1, 0.15) is 5.82 Å². The van der Waals surface area contributed by atoms with Crippen LogP contribution in [-0.2, 0) is 6.54 Å². The Bertz CT molecular complexity index is 584. The molecule has 3 rings (SSSR count). The van der Waals surface area contributed by atoms with Gasteiger partial charge in [0.25, 0.3) is 0 Å². The molecule has 21 heavy (non-hydrogen) atoms. The second-order valence-electron chi connectivity index (χ2n) is 5.82. The number of anilines is 2. The highest BCUT2D eigenvalue weighted by Crippen LogP contribution is 2.23. The van der Waals surface area contributed by atoms with E-state index in [0.717, 1.165) is 31.0 Å². The number of hydrogen-bond donors (Lipinski definition) is 2. The Morgan fingerprint density at radius 1 is 1.29 bits per heavy atom. The fourth-order valence-corrected chi connectivity index (χ4v) is 2.98. The van der Waals surface area contributed by atoms with Crippen molar-refractivity contribution in [1.29, 1.82) is 0 Å². The summed E-state index contributed by atoms with van der Waals surface area (Å²) in [6.07, 6.45) is 2.88. The Morgan fingerprint density at radius 3 is 2.86 bits per heavy atom. The van der Waals surface area contributed by atoms with Gasteiger partial charge in [0.15, 0.2) is 0 Å². The number of hydrogen-bond acceptors (Lipinski definition) is 4. The first-order valence-corrected chi connectivity index (χ1v) is 7.47. The minimum atomic E-state index is 0.429. The molecule has 4 heteroatoms. The lowest BCUT2D eigenvalue weighted by molar-refractivity contribution is 0.259. The summed E-state index contributed by atoms with van der Waals surface area (Å²) in [7, 11) is 0. The number of nitrogens with zero attached hydrogens (tertiary/aromatic N) is 2. The molecule has 2 aromatic rings. The third kappa shape index (κ3) is 3.52. The Morgan fingerprint density at radius 2 is 2.10 bits per heavy atom. The highest BCUT2D eigenvalue weighted by molar-refractivity contribution is 5.49. The quantitative estimate of drug-likeness (QED) is 0.905. The van der Waals surface area contributed by atoms with E-state index in [-0.39, 0.29) is 0 Å². The van der Waals surface area contributed by atoms with Crippen molar-refractivity contribution in [3.8, 4) is 0 Å². The molecule has 0 saturated carbocycles. The predicted molar refractivity (Wildman–Crippen MR) is 87.0 cm³/mol. The maximum atomic E-state index is 5.80. The first-order valence-electron chi connectivity index (χ1n) is 7.47. The van der Waals surface area contributed by atoms with Crippen molar-refractivity contribution in [2.45, 2.75) is 32.0 Å². The summed E-state index contributed by atoms with van der Waals surface area (Å²) < 4.78 is 0. The zero-order chi connectivity index (χ0) is 14.7. The van der Waals surface area contributed by atoms with E-state index in [4.69, 9.17) is 5.73 Å². The minimum Gasteiger partial charge on any atom is -0.399 e. The highest BCUT2D eigenvalue weighted by atomic mass is 15.2. The van der Waals surface area contributed by atoms with Crippen LogP contribution in [0.3, 0.4) is 0 Å². The summed E-state index contributed by atoms with van der Waals surface area (Å²) in [6.45, 7) is 4.33. The van der Waals surface area contributed by atoms with Crippen LogP contribution in [0.15, 0.2) is 48.7 Å². The van der Waals surface area contributed by atoms with Gasteiger partial charge in [-0.15, -0.1) is 0 Å². The maximum absolute atomic E-state index is 5.80. The number of rotatable bonds is 4. The number of nitrogen functional groups attached to an aromatic ring is 1. The fraction of sp³-hybridized carbons (Fsp3) is 0.353. The summed E-state index contributed by atoms with van der Waals surface area (Å²) >= 11 is 0. The van der Waals surface area contributed by atoms with Crippen molar-refractivity contribution in [1.82, 2.24) is 9.88 Å². The molecule has 1 aromatic carbocycles. The number of nitrogens with two attached hydrogens (primary N) is 1. The zero-order valence-corrected chi connectivity index (χ0v) is 12.4. The van der Waals surface area contributed by atoms with E-state index in [1.54, 1.807) is 6.20 Å². The minimum absolute atomic E-state index is 0.429. The number of pyridine rings is 1. The lowest BCUT2D eigenvalue weighted by atomic mass is 10.2. The summed E-state index contributed by atoms with van der Waals surface area (Å²) in [5, 5.41) is 3.50. The molecule has 2 unspecified atom stereocenters. The smallest absolute Gasteiger partial charge is 0.128 e. The first-order chi connectivity index (χ1) is 10.2. The molecule has 0 aliphatic carbocycles. The molecule has 1 saturated heterocycles. The predicted octanol–water partition coefficient (Wildman–Crippen LogP) is 2.74.